The van der Waals surface area contributed by atoms with Gasteiger partial charge in [-0.05, 0) is 32.1 Å². The second kappa shape index (κ2) is 7.03. The minimum atomic E-state index is -1.00. The Morgan fingerprint density at radius 3 is 2.90 bits per heavy atom. The van der Waals surface area contributed by atoms with Crippen molar-refractivity contribution in [2.45, 2.75) is 76.6 Å². The monoisotopic (exact) mass is 419 g/mol. The molecule has 8 unspecified atom stereocenters. The van der Waals surface area contributed by atoms with Gasteiger partial charge in [-0.25, -0.2) is 24.5 Å². The van der Waals surface area contributed by atoms with Crippen molar-refractivity contribution in [3.05, 3.63) is 18.2 Å². The van der Waals surface area contributed by atoms with Crippen LogP contribution in [0.15, 0.2) is 17.5 Å². The molecule has 5 aliphatic rings. The smallest absolute Gasteiger partial charge is 0.328 e. The summed E-state index contributed by atoms with van der Waals surface area (Å²) in [4.78, 5) is 35.3. The van der Waals surface area contributed by atoms with E-state index in [0.717, 1.165) is 25.7 Å². The van der Waals surface area contributed by atoms with E-state index in [2.05, 4.69) is 21.9 Å². The van der Waals surface area contributed by atoms with E-state index < -0.39 is 29.7 Å². The number of ether oxygens (including phenoxy) is 2. The van der Waals surface area contributed by atoms with Crippen molar-refractivity contribution in [1.82, 2.24) is 9.97 Å². The third-order valence-electron chi connectivity index (χ3n) is 7.53. The van der Waals surface area contributed by atoms with E-state index in [1.165, 1.54) is 6.33 Å². The molecule has 1 aromatic heterocycles. The summed E-state index contributed by atoms with van der Waals surface area (Å²) in [5.41, 5.74) is 0.0288. The Labute approximate surface area is 175 Å². The zero-order chi connectivity index (χ0) is 21.1. The zero-order valence-corrected chi connectivity index (χ0v) is 17.5. The normalized spacial score (nSPS) is 44.8. The maximum Gasteiger partial charge on any atom is 0.328 e. The number of hydrogen-bond donors (Lipinski definition) is 2. The number of H-pyrrole nitrogens is 1. The summed E-state index contributed by atoms with van der Waals surface area (Å²) in [7, 11) is 0. The molecule has 4 aliphatic heterocycles. The van der Waals surface area contributed by atoms with Crippen molar-refractivity contribution in [2.24, 2.45) is 28.7 Å². The fraction of sp³-hybridized carbons (Fsp3) is 0.762. The van der Waals surface area contributed by atoms with Crippen LogP contribution in [0.2, 0.25) is 0 Å². The van der Waals surface area contributed by atoms with Crippen molar-refractivity contribution in [1.29, 1.82) is 0 Å². The average Bonchev–Trinajstić information content (AvgIpc) is 3.11. The number of imidazole rings is 1. The fourth-order valence-corrected chi connectivity index (χ4v) is 5.87. The Morgan fingerprint density at radius 1 is 1.33 bits per heavy atom. The highest BCUT2D eigenvalue weighted by molar-refractivity contribution is 5.84. The van der Waals surface area contributed by atoms with E-state index in [4.69, 9.17) is 19.2 Å². The summed E-state index contributed by atoms with van der Waals surface area (Å²) < 4.78 is 12.6. The second-order valence-corrected chi connectivity index (χ2v) is 9.42. The highest BCUT2D eigenvalue weighted by Crippen LogP contribution is 2.59. The van der Waals surface area contributed by atoms with Crippen LogP contribution in [0.1, 0.15) is 52.1 Å². The molecule has 8 atom stereocenters. The minimum Gasteiger partial charge on any atom is -0.480 e. The quantitative estimate of drug-likeness (QED) is 0.721. The van der Waals surface area contributed by atoms with Gasteiger partial charge in [0.25, 0.3) is 0 Å². The van der Waals surface area contributed by atoms with E-state index in [9.17, 15) is 9.90 Å². The molecule has 0 aromatic carbocycles. The molecular weight excluding hydrogens is 390 g/mol. The van der Waals surface area contributed by atoms with Crippen molar-refractivity contribution in [2.75, 3.05) is 0 Å². The molecule has 1 saturated carbocycles. The molecule has 2 bridgehead atoms. The molecule has 164 valence electrons. The molecule has 9 nitrogen and oxygen atoms in total. The first-order chi connectivity index (χ1) is 14.3. The number of carbonyl (C=O) groups is 1. The highest BCUT2D eigenvalue weighted by atomic mass is 17.3. The molecule has 5 heterocycles. The van der Waals surface area contributed by atoms with E-state index >= 15 is 0 Å². The number of aromatic nitrogens is 2. The molecule has 0 amide bonds. The van der Waals surface area contributed by atoms with Gasteiger partial charge in [0.1, 0.15) is 0 Å². The first-order valence-corrected chi connectivity index (χ1v) is 10.8. The van der Waals surface area contributed by atoms with Gasteiger partial charge < -0.3 is 19.6 Å². The summed E-state index contributed by atoms with van der Waals surface area (Å²) in [6.07, 6.45) is 6.39. The molecule has 4 saturated heterocycles. The van der Waals surface area contributed by atoms with Crippen LogP contribution in [-0.2, 0) is 30.5 Å². The van der Waals surface area contributed by atoms with Crippen LogP contribution in [0.4, 0.5) is 0 Å². The number of carboxylic acid groups (broad SMARTS) is 1. The molecule has 6 rings (SSSR count). The summed E-state index contributed by atoms with van der Waals surface area (Å²) in [5, 5.41) is 9.75. The Morgan fingerprint density at radius 2 is 2.17 bits per heavy atom. The molecule has 9 heteroatoms. The highest BCUT2D eigenvalue weighted by Gasteiger charge is 2.69. The van der Waals surface area contributed by atoms with Crippen LogP contribution in [0.5, 0.6) is 0 Å². The van der Waals surface area contributed by atoms with Crippen LogP contribution in [0.3, 0.4) is 0 Å². The Hall–Kier alpha value is -1.97. The van der Waals surface area contributed by atoms with Crippen molar-refractivity contribution in [3.8, 4) is 0 Å². The first kappa shape index (κ1) is 20.0. The van der Waals surface area contributed by atoms with Gasteiger partial charge in [0, 0.05) is 42.5 Å². The first-order valence-electron chi connectivity index (χ1n) is 10.8. The van der Waals surface area contributed by atoms with E-state index in [1.807, 2.05) is 13.8 Å². The lowest BCUT2D eigenvalue weighted by molar-refractivity contribution is -0.557. The zero-order valence-electron chi connectivity index (χ0n) is 17.5. The maximum absolute atomic E-state index is 11.9. The van der Waals surface area contributed by atoms with E-state index in [-0.39, 0.29) is 24.2 Å². The van der Waals surface area contributed by atoms with Gasteiger partial charge in [-0.2, -0.15) is 0 Å². The number of nitrogens with one attached hydrogen (secondary N) is 1. The molecule has 0 radical (unpaired) electrons. The maximum atomic E-state index is 11.9. The van der Waals surface area contributed by atoms with Gasteiger partial charge in [0.05, 0.1) is 6.33 Å². The lowest BCUT2D eigenvalue weighted by Gasteiger charge is -2.58. The van der Waals surface area contributed by atoms with E-state index in [0.29, 0.717) is 17.5 Å². The molecule has 5 fully saturated rings. The molecule has 1 aromatic rings. The number of nitrogens with zero attached hydrogens (tertiary/aromatic N) is 2. The Bertz CT molecular complexity index is 844. The van der Waals surface area contributed by atoms with Gasteiger partial charge in [0.2, 0.25) is 12.1 Å². The fourth-order valence-electron chi connectivity index (χ4n) is 5.87. The number of rotatable bonds is 4. The minimum absolute atomic E-state index is 0.0837. The Kier molecular flexibility index (Phi) is 4.68. The SMILES string of the molecule is CC1CCC2C(C)C(=NC(Cc3cnc[nH]3)C(=O)O)OC3OC4(C)CCC1C32OO4. The van der Waals surface area contributed by atoms with Crippen LogP contribution in [0, 0.1) is 23.7 Å². The largest absolute Gasteiger partial charge is 0.480 e. The lowest BCUT2D eigenvalue weighted by Crippen LogP contribution is -2.69. The third-order valence-corrected chi connectivity index (χ3v) is 7.53. The summed E-state index contributed by atoms with van der Waals surface area (Å²) in [6, 6.07) is -0.967. The predicted molar refractivity (Wildman–Crippen MR) is 104 cm³/mol. The standard InChI is InChI=1S/C21H29N3O6/c1-11-4-5-15-12(2)17(24-16(18(25)26)8-13-9-22-10-23-13)27-19-21(15)14(11)6-7-20(3,28-19)29-30-21/h9-12,14-16,19H,4-8H2,1-3H3,(H,22,23)(H,25,26). The van der Waals surface area contributed by atoms with Crippen LogP contribution >= 0.6 is 0 Å². The number of fused-ring (bicyclic) bond motifs is 2. The number of aromatic amines is 1. The van der Waals surface area contributed by atoms with Gasteiger partial charge >= 0.3 is 5.97 Å². The number of carboxylic acids is 1. The van der Waals surface area contributed by atoms with E-state index in [1.54, 1.807) is 6.20 Å². The average molecular weight is 419 g/mol. The second-order valence-electron chi connectivity index (χ2n) is 9.42. The van der Waals surface area contributed by atoms with Crippen LogP contribution in [-0.4, -0.2) is 50.7 Å². The van der Waals surface area contributed by atoms with Crippen molar-refractivity contribution in [3.63, 3.8) is 0 Å². The molecule has 1 aliphatic carbocycles. The van der Waals surface area contributed by atoms with Gasteiger partial charge in [-0.3, -0.25) is 0 Å². The van der Waals surface area contributed by atoms with Gasteiger partial charge in [0.15, 0.2) is 17.5 Å². The van der Waals surface area contributed by atoms with Gasteiger partial charge in [-0.15, -0.1) is 0 Å². The van der Waals surface area contributed by atoms with Crippen molar-refractivity contribution >= 4 is 11.9 Å². The lowest BCUT2D eigenvalue weighted by atomic mass is 9.58. The van der Waals surface area contributed by atoms with Crippen LogP contribution in [0.25, 0.3) is 0 Å². The topological polar surface area (TPSA) is 115 Å². The molecular formula is C21H29N3O6. The predicted octanol–water partition coefficient (Wildman–Crippen LogP) is 2.69. The number of hydrogen-bond acceptors (Lipinski definition) is 7. The molecule has 1 spiro atoms. The third kappa shape index (κ3) is 2.98. The number of aliphatic imine (C=N–C) groups is 1. The Balaban J connectivity index is 1.50. The molecule has 2 N–H and O–H groups in total. The molecule has 30 heavy (non-hydrogen) atoms. The summed E-state index contributed by atoms with van der Waals surface area (Å²) in [6.45, 7) is 6.17. The summed E-state index contributed by atoms with van der Waals surface area (Å²) >= 11 is 0. The van der Waals surface area contributed by atoms with Crippen molar-refractivity contribution < 1.29 is 29.1 Å². The summed E-state index contributed by atoms with van der Waals surface area (Å²) in [5.74, 6) is -0.734. The van der Waals surface area contributed by atoms with Crippen LogP contribution < -0.4 is 0 Å². The van der Waals surface area contributed by atoms with Gasteiger partial charge in [-0.1, -0.05) is 13.8 Å². The number of aliphatic carboxylic acids is 1.